The zero-order valence-corrected chi connectivity index (χ0v) is 13.7. The summed E-state index contributed by atoms with van der Waals surface area (Å²) in [5, 5.41) is 0. The smallest absolute Gasteiger partial charge is 0.210 e. The van der Waals surface area contributed by atoms with E-state index in [-0.39, 0.29) is 0 Å². The molecule has 1 N–H and O–H groups in total. The van der Waals surface area contributed by atoms with Gasteiger partial charge in [0.15, 0.2) is 0 Å². The summed E-state index contributed by atoms with van der Waals surface area (Å²) in [5.74, 6) is 0. The van der Waals surface area contributed by atoms with Crippen molar-refractivity contribution in [3.63, 3.8) is 0 Å². The third-order valence-corrected chi connectivity index (χ3v) is 6.92. The minimum absolute atomic E-state index is 0.313. The quantitative estimate of drug-likeness (QED) is 0.912. The third kappa shape index (κ3) is 3.41. The second-order valence-electron chi connectivity index (χ2n) is 4.55. The van der Waals surface area contributed by atoms with Gasteiger partial charge < -0.3 is 0 Å². The van der Waals surface area contributed by atoms with Crippen molar-refractivity contribution < 1.29 is 8.42 Å². The molecule has 0 spiro atoms. The van der Waals surface area contributed by atoms with Gasteiger partial charge in [-0.2, -0.15) is 0 Å². The highest BCUT2D eigenvalue weighted by Crippen LogP contribution is 2.34. The van der Waals surface area contributed by atoms with Gasteiger partial charge in [0.1, 0.15) is 4.21 Å². The molecule has 0 aliphatic heterocycles. The molecule has 2 rings (SSSR count). The monoisotopic (exact) mass is 329 g/mol. The summed E-state index contributed by atoms with van der Waals surface area (Å²) in [6.07, 6.45) is 0.664. The molecule has 0 atom stereocenters. The van der Waals surface area contributed by atoms with Gasteiger partial charge in [-0.25, -0.2) is 13.1 Å². The first-order chi connectivity index (χ1) is 9.42. The Labute approximate surface area is 128 Å². The molecular formula is C14H16ClNO2S2. The van der Waals surface area contributed by atoms with Gasteiger partial charge in [0.05, 0.1) is 4.34 Å². The molecule has 0 unspecified atom stereocenters. The van der Waals surface area contributed by atoms with Crippen LogP contribution >= 0.6 is 22.9 Å². The van der Waals surface area contributed by atoms with Gasteiger partial charge in [0.25, 0.3) is 0 Å². The Balaban J connectivity index is 2.06. The number of sulfonamides is 1. The van der Waals surface area contributed by atoms with Crippen LogP contribution in [0.2, 0.25) is 4.34 Å². The molecule has 0 aliphatic rings. The highest BCUT2D eigenvalue weighted by molar-refractivity contribution is 7.91. The van der Waals surface area contributed by atoms with E-state index in [2.05, 4.69) is 4.72 Å². The van der Waals surface area contributed by atoms with Crippen molar-refractivity contribution in [3.8, 4) is 0 Å². The molecule has 20 heavy (non-hydrogen) atoms. The van der Waals surface area contributed by atoms with E-state index >= 15 is 0 Å². The molecule has 0 amide bonds. The fourth-order valence-electron chi connectivity index (χ4n) is 1.83. The third-order valence-electron chi connectivity index (χ3n) is 3.14. The number of hydrogen-bond donors (Lipinski definition) is 1. The number of halogens is 1. The number of benzene rings is 1. The first-order valence-corrected chi connectivity index (χ1v) is 8.88. The number of thiophene rings is 1. The molecule has 1 heterocycles. The summed E-state index contributed by atoms with van der Waals surface area (Å²) in [4.78, 5) is 0. The van der Waals surface area contributed by atoms with Gasteiger partial charge in [-0.05, 0) is 37.0 Å². The number of hydrogen-bond acceptors (Lipinski definition) is 3. The summed E-state index contributed by atoms with van der Waals surface area (Å²) in [6, 6.07) is 9.78. The lowest BCUT2D eigenvalue weighted by Crippen LogP contribution is -2.25. The first kappa shape index (κ1) is 15.5. The topological polar surface area (TPSA) is 46.2 Å². The zero-order valence-electron chi connectivity index (χ0n) is 11.3. The molecule has 0 saturated heterocycles. The lowest BCUT2D eigenvalue weighted by molar-refractivity contribution is 0.583. The minimum Gasteiger partial charge on any atom is -0.210 e. The van der Waals surface area contributed by atoms with E-state index in [0.717, 1.165) is 28.0 Å². The van der Waals surface area contributed by atoms with Gasteiger partial charge in [0, 0.05) is 6.54 Å². The van der Waals surface area contributed by atoms with E-state index in [1.807, 2.05) is 37.3 Å². The van der Waals surface area contributed by atoms with E-state index in [1.54, 1.807) is 6.92 Å². The maximum Gasteiger partial charge on any atom is 0.250 e. The first-order valence-electron chi connectivity index (χ1n) is 6.21. The van der Waals surface area contributed by atoms with E-state index in [1.165, 1.54) is 0 Å². The lowest BCUT2D eigenvalue weighted by atomic mass is 10.2. The van der Waals surface area contributed by atoms with Crippen molar-refractivity contribution in [1.29, 1.82) is 0 Å². The maximum absolute atomic E-state index is 12.2. The molecule has 0 radical (unpaired) electrons. The SMILES string of the molecule is Cc1c(Cl)sc(S(=O)(=O)NCCc2ccccc2)c1C. The number of nitrogens with one attached hydrogen (secondary N) is 1. The summed E-state index contributed by atoms with van der Waals surface area (Å²) in [5.41, 5.74) is 2.67. The van der Waals surface area contributed by atoms with E-state index in [0.29, 0.717) is 21.5 Å². The molecule has 0 bridgehead atoms. The normalized spacial score (nSPS) is 11.8. The van der Waals surface area contributed by atoms with E-state index < -0.39 is 10.0 Å². The Morgan fingerprint density at radius 2 is 1.80 bits per heavy atom. The van der Waals surface area contributed by atoms with Crippen molar-refractivity contribution in [1.82, 2.24) is 4.72 Å². The molecular weight excluding hydrogens is 314 g/mol. The maximum atomic E-state index is 12.2. The molecule has 1 aromatic heterocycles. The standard InChI is InChI=1S/C14H16ClNO2S2/c1-10-11(2)14(19-13(10)15)20(17,18)16-9-8-12-6-4-3-5-7-12/h3-7,16H,8-9H2,1-2H3. The van der Waals surface area contributed by atoms with Crippen LogP contribution in [0.15, 0.2) is 34.5 Å². The Morgan fingerprint density at radius 3 is 2.35 bits per heavy atom. The molecule has 3 nitrogen and oxygen atoms in total. The molecule has 1 aromatic carbocycles. The molecule has 0 saturated carbocycles. The molecule has 6 heteroatoms. The largest absolute Gasteiger partial charge is 0.250 e. The second-order valence-corrected chi connectivity index (χ2v) is 8.13. The van der Waals surface area contributed by atoms with Crippen LogP contribution in [0.25, 0.3) is 0 Å². The Hall–Kier alpha value is -0.880. The van der Waals surface area contributed by atoms with Crippen LogP contribution in [0, 0.1) is 13.8 Å². The highest BCUT2D eigenvalue weighted by atomic mass is 35.5. The predicted molar refractivity (Wildman–Crippen MR) is 84.1 cm³/mol. The Bertz CT molecular complexity index is 693. The van der Waals surface area contributed by atoms with E-state index in [9.17, 15) is 8.42 Å². The summed E-state index contributed by atoms with van der Waals surface area (Å²) in [7, 11) is -3.48. The van der Waals surface area contributed by atoms with Crippen LogP contribution in [0.1, 0.15) is 16.7 Å². The van der Waals surface area contributed by atoms with Crippen LogP contribution in [0.3, 0.4) is 0 Å². The van der Waals surface area contributed by atoms with Crippen LogP contribution < -0.4 is 4.72 Å². The van der Waals surface area contributed by atoms with Crippen LogP contribution in [0.5, 0.6) is 0 Å². The summed E-state index contributed by atoms with van der Waals surface area (Å²) < 4.78 is 28.0. The van der Waals surface area contributed by atoms with Gasteiger partial charge in [-0.15, -0.1) is 11.3 Å². The van der Waals surface area contributed by atoms with Crippen molar-refractivity contribution >= 4 is 33.0 Å². The predicted octanol–water partition coefficient (Wildman–Crippen LogP) is 3.54. The van der Waals surface area contributed by atoms with Crippen molar-refractivity contribution in [2.45, 2.75) is 24.5 Å². The van der Waals surface area contributed by atoms with Gasteiger partial charge >= 0.3 is 0 Å². The average molecular weight is 330 g/mol. The lowest BCUT2D eigenvalue weighted by Gasteiger charge is -2.06. The molecule has 0 aliphatic carbocycles. The van der Waals surface area contributed by atoms with Gasteiger partial charge in [-0.1, -0.05) is 41.9 Å². The van der Waals surface area contributed by atoms with Crippen molar-refractivity contribution in [3.05, 3.63) is 51.4 Å². The molecule has 108 valence electrons. The highest BCUT2D eigenvalue weighted by Gasteiger charge is 2.22. The fourth-order valence-corrected chi connectivity index (χ4v) is 5.04. The molecule has 0 fully saturated rings. The Morgan fingerprint density at radius 1 is 1.15 bits per heavy atom. The second kappa shape index (κ2) is 6.26. The number of rotatable bonds is 5. The Kier molecular flexibility index (Phi) is 4.86. The van der Waals surface area contributed by atoms with Crippen molar-refractivity contribution in [2.24, 2.45) is 0 Å². The molecule has 2 aromatic rings. The fraction of sp³-hybridized carbons (Fsp3) is 0.286. The van der Waals surface area contributed by atoms with Crippen LogP contribution in [-0.2, 0) is 16.4 Å². The zero-order chi connectivity index (χ0) is 14.8. The average Bonchev–Trinajstić information content (AvgIpc) is 2.68. The van der Waals surface area contributed by atoms with E-state index in [4.69, 9.17) is 11.6 Å². The van der Waals surface area contributed by atoms with Crippen molar-refractivity contribution in [2.75, 3.05) is 6.54 Å². The van der Waals surface area contributed by atoms with Gasteiger partial charge in [-0.3, -0.25) is 0 Å². The van der Waals surface area contributed by atoms with Crippen LogP contribution in [-0.4, -0.2) is 15.0 Å². The van der Waals surface area contributed by atoms with Crippen LogP contribution in [0.4, 0.5) is 0 Å². The summed E-state index contributed by atoms with van der Waals surface area (Å²) >= 11 is 7.11. The van der Waals surface area contributed by atoms with Gasteiger partial charge in [0.2, 0.25) is 10.0 Å². The minimum atomic E-state index is -3.48. The summed E-state index contributed by atoms with van der Waals surface area (Å²) in [6.45, 7) is 3.99.